The number of ketones is 1. The van der Waals surface area contributed by atoms with Crippen LogP contribution >= 0.6 is 11.3 Å². The van der Waals surface area contributed by atoms with Crippen LogP contribution in [0.5, 0.6) is 0 Å². The molecule has 0 aromatic carbocycles. The summed E-state index contributed by atoms with van der Waals surface area (Å²) in [6, 6.07) is 0. The number of primary amides is 1. The number of amides is 1. The lowest BCUT2D eigenvalue weighted by Crippen LogP contribution is -2.27. The van der Waals surface area contributed by atoms with Gasteiger partial charge < -0.3 is 5.73 Å². The second-order valence-electron chi connectivity index (χ2n) is 5.63. The van der Waals surface area contributed by atoms with Gasteiger partial charge in [0.05, 0.1) is 10.3 Å². The molecule has 0 radical (unpaired) electrons. The van der Waals surface area contributed by atoms with Crippen LogP contribution in [0.2, 0.25) is 0 Å². The Balaban J connectivity index is 2.76. The van der Waals surface area contributed by atoms with Crippen molar-refractivity contribution in [1.29, 1.82) is 0 Å². The normalized spacial score (nSPS) is 11.3. The molecule has 1 amide bonds. The van der Waals surface area contributed by atoms with Gasteiger partial charge in [0.2, 0.25) is 0 Å². The SMILES string of the molecule is CC(=O)CCn1c(C(C)C)nc2sc(C(N)=O)c(C)c2c1=O. The van der Waals surface area contributed by atoms with Crippen LogP contribution in [0, 0.1) is 6.92 Å². The smallest absolute Gasteiger partial charge is 0.262 e. The third kappa shape index (κ3) is 2.81. The third-order valence-electron chi connectivity index (χ3n) is 3.51. The van der Waals surface area contributed by atoms with Gasteiger partial charge in [0.25, 0.3) is 11.5 Å². The Morgan fingerprint density at radius 3 is 2.50 bits per heavy atom. The number of nitrogens with two attached hydrogens (primary N) is 1. The summed E-state index contributed by atoms with van der Waals surface area (Å²) < 4.78 is 1.54. The lowest BCUT2D eigenvalue weighted by atomic mass is 10.1. The minimum Gasteiger partial charge on any atom is -0.365 e. The highest BCUT2D eigenvalue weighted by Crippen LogP contribution is 2.28. The predicted octanol–water partition coefficient (Wildman–Crippen LogP) is 1.97. The number of aromatic nitrogens is 2. The summed E-state index contributed by atoms with van der Waals surface area (Å²) in [6.07, 6.45) is 0.276. The Kier molecular flexibility index (Phi) is 4.46. The van der Waals surface area contributed by atoms with Crippen LogP contribution in [0.25, 0.3) is 10.2 Å². The molecule has 2 aromatic heterocycles. The van der Waals surface area contributed by atoms with Crippen molar-refractivity contribution in [3.63, 3.8) is 0 Å². The van der Waals surface area contributed by atoms with E-state index in [0.29, 0.717) is 33.0 Å². The molecule has 0 aliphatic heterocycles. The quantitative estimate of drug-likeness (QED) is 0.910. The summed E-state index contributed by atoms with van der Waals surface area (Å²) in [5, 5.41) is 0.423. The molecule has 0 bridgehead atoms. The Morgan fingerprint density at radius 2 is 2.00 bits per heavy atom. The van der Waals surface area contributed by atoms with Crippen LogP contribution in [0.15, 0.2) is 4.79 Å². The van der Waals surface area contributed by atoms with Crippen molar-refractivity contribution >= 4 is 33.2 Å². The summed E-state index contributed by atoms with van der Waals surface area (Å²) in [6.45, 7) is 7.37. The van der Waals surface area contributed by atoms with Gasteiger partial charge in [-0.3, -0.25) is 19.0 Å². The maximum absolute atomic E-state index is 12.8. The van der Waals surface area contributed by atoms with Crippen LogP contribution in [0.3, 0.4) is 0 Å². The Labute approximate surface area is 132 Å². The van der Waals surface area contributed by atoms with E-state index in [1.807, 2.05) is 13.8 Å². The molecule has 0 fully saturated rings. The second-order valence-corrected chi connectivity index (χ2v) is 6.63. The van der Waals surface area contributed by atoms with Gasteiger partial charge in [-0.25, -0.2) is 4.98 Å². The van der Waals surface area contributed by atoms with E-state index in [9.17, 15) is 14.4 Å². The summed E-state index contributed by atoms with van der Waals surface area (Å²) in [5.74, 6) is 0.113. The fourth-order valence-corrected chi connectivity index (χ4v) is 3.42. The van der Waals surface area contributed by atoms with Gasteiger partial charge in [0.15, 0.2) is 0 Å². The standard InChI is InChI=1S/C15H19N3O3S/c1-7(2)13-17-14-10(9(4)11(22-14)12(16)20)15(21)18(13)6-5-8(3)19/h7H,5-6H2,1-4H3,(H2,16,20). The first-order chi connectivity index (χ1) is 10.2. The molecule has 118 valence electrons. The van der Waals surface area contributed by atoms with Crippen LogP contribution in [0.4, 0.5) is 0 Å². The molecule has 0 aliphatic rings. The number of fused-ring (bicyclic) bond motifs is 1. The van der Waals surface area contributed by atoms with E-state index in [2.05, 4.69) is 4.98 Å². The van der Waals surface area contributed by atoms with Gasteiger partial charge in [-0.2, -0.15) is 0 Å². The molecule has 0 spiro atoms. The molecule has 6 nitrogen and oxygen atoms in total. The molecular weight excluding hydrogens is 302 g/mol. The largest absolute Gasteiger partial charge is 0.365 e. The number of Topliss-reactive ketones (excluding diaryl/α,β-unsaturated/α-hetero) is 1. The maximum atomic E-state index is 12.8. The molecule has 2 heterocycles. The molecule has 7 heteroatoms. The van der Waals surface area contributed by atoms with Gasteiger partial charge in [0, 0.05) is 18.9 Å². The first kappa shape index (κ1) is 16.4. The number of hydrogen-bond acceptors (Lipinski definition) is 5. The maximum Gasteiger partial charge on any atom is 0.262 e. The van der Waals surface area contributed by atoms with Crippen LogP contribution in [0.1, 0.15) is 54.2 Å². The second kappa shape index (κ2) is 6.00. The van der Waals surface area contributed by atoms with Crippen LogP contribution in [-0.2, 0) is 11.3 Å². The van der Waals surface area contributed by atoms with E-state index in [-0.39, 0.29) is 23.7 Å². The van der Waals surface area contributed by atoms with E-state index in [0.717, 1.165) is 11.3 Å². The first-order valence-corrected chi connectivity index (χ1v) is 7.88. The molecule has 2 aromatic rings. The molecular formula is C15H19N3O3S. The van der Waals surface area contributed by atoms with E-state index >= 15 is 0 Å². The van der Waals surface area contributed by atoms with Crippen molar-refractivity contribution in [3.05, 3.63) is 26.6 Å². The van der Waals surface area contributed by atoms with Crippen molar-refractivity contribution in [2.75, 3.05) is 0 Å². The van der Waals surface area contributed by atoms with Gasteiger partial charge in [-0.1, -0.05) is 13.8 Å². The van der Waals surface area contributed by atoms with Crippen molar-refractivity contribution in [1.82, 2.24) is 9.55 Å². The molecule has 0 saturated heterocycles. The highest BCUT2D eigenvalue weighted by atomic mass is 32.1. The van der Waals surface area contributed by atoms with E-state index in [1.54, 1.807) is 11.5 Å². The first-order valence-electron chi connectivity index (χ1n) is 7.07. The number of carbonyl (C=O) groups excluding carboxylic acids is 2. The molecule has 0 atom stereocenters. The number of thiophene rings is 1. The summed E-state index contributed by atoms with van der Waals surface area (Å²) in [7, 11) is 0. The van der Waals surface area contributed by atoms with Crippen LogP contribution < -0.4 is 11.3 Å². The summed E-state index contributed by atoms with van der Waals surface area (Å²) in [5.41, 5.74) is 5.71. The summed E-state index contributed by atoms with van der Waals surface area (Å²) >= 11 is 1.14. The molecule has 2 rings (SSSR count). The molecule has 0 unspecified atom stereocenters. The van der Waals surface area contributed by atoms with Crippen molar-refractivity contribution in [3.8, 4) is 0 Å². The van der Waals surface area contributed by atoms with Crippen molar-refractivity contribution in [2.45, 2.75) is 46.6 Å². The van der Waals surface area contributed by atoms with E-state index in [1.165, 1.54) is 6.92 Å². The third-order valence-corrected chi connectivity index (χ3v) is 4.71. The minimum absolute atomic E-state index is 0.0153. The lowest BCUT2D eigenvalue weighted by molar-refractivity contribution is -0.117. The topological polar surface area (TPSA) is 95.0 Å². The Morgan fingerprint density at radius 1 is 1.36 bits per heavy atom. The van der Waals surface area contributed by atoms with E-state index < -0.39 is 5.91 Å². The molecule has 0 saturated carbocycles. The predicted molar refractivity (Wildman–Crippen MR) is 86.5 cm³/mol. The van der Waals surface area contributed by atoms with E-state index in [4.69, 9.17) is 5.73 Å². The molecule has 2 N–H and O–H groups in total. The highest BCUT2D eigenvalue weighted by Gasteiger charge is 2.21. The highest BCUT2D eigenvalue weighted by molar-refractivity contribution is 7.20. The zero-order chi connectivity index (χ0) is 16.6. The fraction of sp³-hybridized carbons (Fsp3) is 0.467. The number of nitrogens with zero attached hydrogens (tertiary/aromatic N) is 2. The monoisotopic (exact) mass is 321 g/mol. The molecule has 0 aliphatic carbocycles. The number of hydrogen-bond donors (Lipinski definition) is 1. The van der Waals surface area contributed by atoms with Crippen molar-refractivity contribution < 1.29 is 9.59 Å². The van der Waals surface area contributed by atoms with Crippen molar-refractivity contribution in [2.24, 2.45) is 5.73 Å². The Hall–Kier alpha value is -2.02. The average molecular weight is 321 g/mol. The molecule has 22 heavy (non-hydrogen) atoms. The number of carbonyl (C=O) groups is 2. The van der Waals surface area contributed by atoms with Crippen LogP contribution in [-0.4, -0.2) is 21.2 Å². The zero-order valence-corrected chi connectivity index (χ0v) is 13.9. The Bertz CT molecular complexity index is 818. The van der Waals surface area contributed by atoms with Gasteiger partial charge >= 0.3 is 0 Å². The number of aryl methyl sites for hydroxylation is 1. The van der Waals surface area contributed by atoms with Gasteiger partial charge in [0.1, 0.15) is 16.4 Å². The van der Waals surface area contributed by atoms with Gasteiger partial charge in [-0.05, 0) is 19.4 Å². The summed E-state index contributed by atoms with van der Waals surface area (Å²) in [4.78, 5) is 40.9. The number of rotatable bonds is 5. The zero-order valence-electron chi connectivity index (χ0n) is 13.1. The van der Waals surface area contributed by atoms with Gasteiger partial charge in [-0.15, -0.1) is 11.3 Å². The fourth-order valence-electron chi connectivity index (χ4n) is 2.39. The average Bonchev–Trinajstić information content (AvgIpc) is 2.74. The lowest BCUT2D eigenvalue weighted by Gasteiger charge is -2.14. The minimum atomic E-state index is -0.554.